The molecule has 1 saturated heterocycles. The van der Waals surface area contributed by atoms with Crippen LogP contribution in [0, 0.1) is 0 Å². The van der Waals surface area contributed by atoms with E-state index in [-0.39, 0.29) is 12.8 Å². The molecule has 0 spiro atoms. The SMILES string of the molecule is CC(=O)N[C@H]1[C@H]([C@H](O)[C@H](O)CO)O[C@](CCCc2ccccc2)(C(=O)O)C[C@@H]1O. The zero-order valence-electron chi connectivity index (χ0n) is 16.3. The minimum atomic E-state index is -1.80. The van der Waals surface area contributed by atoms with Gasteiger partial charge in [0.25, 0.3) is 0 Å². The molecule has 0 unspecified atom stereocenters. The molecule has 1 aromatic carbocycles. The van der Waals surface area contributed by atoms with Gasteiger partial charge in [-0.25, -0.2) is 4.79 Å². The lowest BCUT2D eigenvalue weighted by molar-refractivity contribution is -0.231. The van der Waals surface area contributed by atoms with Crippen LogP contribution in [-0.2, 0) is 20.7 Å². The maximum absolute atomic E-state index is 12.1. The van der Waals surface area contributed by atoms with E-state index in [0.29, 0.717) is 12.8 Å². The quantitative estimate of drug-likeness (QED) is 0.308. The minimum absolute atomic E-state index is 0.0551. The van der Waals surface area contributed by atoms with Crippen molar-refractivity contribution in [1.82, 2.24) is 5.32 Å². The molecule has 0 saturated carbocycles. The number of carbonyl (C=O) groups is 2. The molecule has 6 atom stereocenters. The zero-order chi connectivity index (χ0) is 21.6. The second-order valence-electron chi connectivity index (χ2n) is 7.46. The van der Waals surface area contributed by atoms with Crippen molar-refractivity contribution in [3.05, 3.63) is 35.9 Å². The van der Waals surface area contributed by atoms with E-state index in [2.05, 4.69) is 5.32 Å². The van der Waals surface area contributed by atoms with Gasteiger partial charge in [0.15, 0.2) is 5.60 Å². The monoisotopic (exact) mass is 411 g/mol. The van der Waals surface area contributed by atoms with Gasteiger partial charge in [0.05, 0.1) is 18.8 Å². The summed E-state index contributed by atoms with van der Waals surface area (Å²) in [6.07, 6.45) is -5.28. The van der Waals surface area contributed by atoms with Crippen LogP contribution in [0.2, 0.25) is 0 Å². The van der Waals surface area contributed by atoms with Crippen LogP contribution in [0.3, 0.4) is 0 Å². The number of hydrogen-bond acceptors (Lipinski definition) is 7. The number of carboxylic acids is 1. The molecule has 0 aromatic heterocycles. The molecule has 1 aliphatic rings. The van der Waals surface area contributed by atoms with Gasteiger partial charge in [-0.15, -0.1) is 0 Å². The fourth-order valence-corrected chi connectivity index (χ4v) is 3.72. The van der Waals surface area contributed by atoms with Gasteiger partial charge < -0.3 is 35.6 Å². The Hall–Kier alpha value is -2.04. The van der Waals surface area contributed by atoms with Crippen molar-refractivity contribution in [2.45, 2.75) is 68.7 Å². The molecule has 0 radical (unpaired) electrons. The predicted octanol–water partition coefficient (Wildman–Crippen LogP) is -0.799. The average molecular weight is 411 g/mol. The number of aliphatic carboxylic acids is 1. The van der Waals surface area contributed by atoms with Gasteiger partial charge in [0.1, 0.15) is 18.3 Å². The number of hydrogen-bond donors (Lipinski definition) is 6. The standard InChI is InChI=1S/C20H29NO8/c1-12(23)21-16-14(24)10-20(19(27)28,29-18(16)17(26)15(25)11-22)9-5-8-13-6-3-2-4-7-13/h2-4,6-7,14-18,22,24-26H,5,8-11H2,1H3,(H,21,23)(H,27,28)/t14-,15+,16+,17+,18+,20-/m0/s1. The first-order chi connectivity index (χ1) is 13.7. The summed E-state index contributed by atoms with van der Waals surface area (Å²) >= 11 is 0. The van der Waals surface area contributed by atoms with E-state index in [4.69, 9.17) is 9.84 Å². The molecule has 9 heteroatoms. The Labute approximate surface area is 168 Å². The molecule has 0 bridgehead atoms. The molecular formula is C20H29NO8. The van der Waals surface area contributed by atoms with Gasteiger partial charge in [0.2, 0.25) is 5.91 Å². The molecule has 6 N–H and O–H groups in total. The molecule has 1 aromatic rings. The number of carboxylic acid groups (broad SMARTS) is 1. The molecule has 162 valence electrons. The minimum Gasteiger partial charge on any atom is -0.479 e. The number of amides is 1. The first-order valence-corrected chi connectivity index (χ1v) is 9.57. The molecule has 1 aliphatic heterocycles. The summed E-state index contributed by atoms with van der Waals surface area (Å²) in [5.74, 6) is -1.82. The lowest BCUT2D eigenvalue weighted by Crippen LogP contribution is -2.67. The van der Waals surface area contributed by atoms with Crippen LogP contribution in [0.15, 0.2) is 30.3 Å². The number of ether oxygens (including phenoxy) is 1. The van der Waals surface area contributed by atoms with Gasteiger partial charge >= 0.3 is 5.97 Å². The number of rotatable bonds is 9. The van der Waals surface area contributed by atoms with E-state index in [9.17, 15) is 30.0 Å². The van der Waals surface area contributed by atoms with Crippen molar-refractivity contribution in [3.8, 4) is 0 Å². The van der Waals surface area contributed by atoms with Crippen LogP contribution in [0.4, 0.5) is 0 Å². The van der Waals surface area contributed by atoms with E-state index >= 15 is 0 Å². The smallest absolute Gasteiger partial charge is 0.336 e. The summed E-state index contributed by atoms with van der Waals surface area (Å²) in [4.78, 5) is 23.6. The molecule has 29 heavy (non-hydrogen) atoms. The number of aliphatic hydroxyl groups excluding tert-OH is 4. The molecule has 0 aliphatic carbocycles. The van der Waals surface area contributed by atoms with E-state index < -0.39 is 54.5 Å². The number of aliphatic hydroxyl groups is 4. The molecule has 2 rings (SSSR count). The second-order valence-corrected chi connectivity index (χ2v) is 7.46. The second kappa shape index (κ2) is 10.1. The third-order valence-corrected chi connectivity index (χ3v) is 5.24. The van der Waals surface area contributed by atoms with Crippen LogP contribution in [-0.4, -0.2) is 80.1 Å². The summed E-state index contributed by atoms with van der Waals surface area (Å²) in [5, 5.41) is 52.2. The number of aryl methyl sites for hydroxylation is 1. The highest BCUT2D eigenvalue weighted by atomic mass is 16.6. The summed E-state index contributed by atoms with van der Waals surface area (Å²) < 4.78 is 5.75. The van der Waals surface area contributed by atoms with Crippen molar-refractivity contribution in [2.24, 2.45) is 0 Å². The summed E-state index contributed by atoms with van der Waals surface area (Å²) in [5.41, 5.74) is -0.780. The Kier molecular flexibility index (Phi) is 8.12. The topological polar surface area (TPSA) is 157 Å². The first kappa shape index (κ1) is 23.2. The molecule has 1 fully saturated rings. The highest BCUT2D eigenvalue weighted by molar-refractivity contribution is 5.78. The van der Waals surface area contributed by atoms with Crippen molar-refractivity contribution in [3.63, 3.8) is 0 Å². The van der Waals surface area contributed by atoms with Gasteiger partial charge in [0, 0.05) is 13.3 Å². The fraction of sp³-hybridized carbons (Fsp3) is 0.600. The molecule has 1 heterocycles. The van der Waals surface area contributed by atoms with Crippen LogP contribution in [0.1, 0.15) is 31.7 Å². The van der Waals surface area contributed by atoms with Crippen LogP contribution in [0.5, 0.6) is 0 Å². The maximum atomic E-state index is 12.1. The zero-order valence-corrected chi connectivity index (χ0v) is 16.3. The van der Waals surface area contributed by atoms with Gasteiger partial charge in [-0.2, -0.15) is 0 Å². The van der Waals surface area contributed by atoms with Crippen LogP contribution < -0.4 is 5.32 Å². The Balaban J connectivity index is 2.22. The maximum Gasteiger partial charge on any atom is 0.336 e. The number of benzene rings is 1. The lowest BCUT2D eigenvalue weighted by Gasteiger charge is -2.47. The van der Waals surface area contributed by atoms with Crippen molar-refractivity contribution < 1.29 is 39.9 Å². The Morgan fingerprint density at radius 3 is 2.48 bits per heavy atom. The third kappa shape index (κ3) is 5.74. The van der Waals surface area contributed by atoms with Gasteiger partial charge in [-0.05, 0) is 24.8 Å². The normalized spacial score (nSPS) is 29.1. The molecule has 1 amide bonds. The first-order valence-electron chi connectivity index (χ1n) is 9.57. The Morgan fingerprint density at radius 2 is 1.93 bits per heavy atom. The van der Waals surface area contributed by atoms with E-state index in [1.807, 2.05) is 30.3 Å². The summed E-state index contributed by atoms with van der Waals surface area (Å²) in [7, 11) is 0. The largest absolute Gasteiger partial charge is 0.479 e. The molecule has 9 nitrogen and oxygen atoms in total. The van der Waals surface area contributed by atoms with E-state index in [1.165, 1.54) is 6.92 Å². The van der Waals surface area contributed by atoms with Gasteiger partial charge in [-0.1, -0.05) is 30.3 Å². The molecular weight excluding hydrogens is 382 g/mol. The highest BCUT2D eigenvalue weighted by Crippen LogP contribution is 2.36. The predicted molar refractivity (Wildman–Crippen MR) is 102 cm³/mol. The summed E-state index contributed by atoms with van der Waals surface area (Å²) in [6, 6.07) is 8.34. The van der Waals surface area contributed by atoms with Gasteiger partial charge in [-0.3, -0.25) is 4.79 Å². The highest BCUT2D eigenvalue weighted by Gasteiger charge is 2.54. The lowest BCUT2D eigenvalue weighted by atomic mass is 9.80. The van der Waals surface area contributed by atoms with E-state index in [1.54, 1.807) is 0 Å². The fourth-order valence-electron chi connectivity index (χ4n) is 3.72. The Morgan fingerprint density at radius 1 is 1.28 bits per heavy atom. The van der Waals surface area contributed by atoms with Crippen molar-refractivity contribution in [1.29, 1.82) is 0 Å². The van der Waals surface area contributed by atoms with Crippen molar-refractivity contribution >= 4 is 11.9 Å². The summed E-state index contributed by atoms with van der Waals surface area (Å²) in [6.45, 7) is 0.412. The van der Waals surface area contributed by atoms with Crippen molar-refractivity contribution in [2.75, 3.05) is 6.61 Å². The van der Waals surface area contributed by atoms with E-state index in [0.717, 1.165) is 5.56 Å². The number of nitrogens with one attached hydrogen (secondary N) is 1. The third-order valence-electron chi connectivity index (χ3n) is 5.24. The average Bonchev–Trinajstić information content (AvgIpc) is 2.69. The van der Waals surface area contributed by atoms with Crippen LogP contribution >= 0.6 is 0 Å². The van der Waals surface area contributed by atoms with Crippen LogP contribution in [0.25, 0.3) is 0 Å². The Bertz CT molecular complexity index is 684. The number of carbonyl (C=O) groups excluding carboxylic acids is 1.